The monoisotopic (exact) mass is 372 g/mol. The van der Waals surface area contributed by atoms with Crippen molar-refractivity contribution in [2.45, 2.75) is 36.7 Å². The van der Waals surface area contributed by atoms with Crippen molar-refractivity contribution in [1.29, 1.82) is 0 Å². The molecule has 2 aromatic carbocycles. The molecule has 0 amide bonds. The summed E-state index contributed by atoms with van der Waals surface area (Å²) < 4.78 is 0. The number of rotatable bonds is 3. The van der Waals surface area contributed by atoms with Gasteiger partial charge in [0.1, 0.15) is 0 Å². The second-order valence-electron chi connectivity index (χ2n) is 8.60. The lowest BCUT2D eigenvalue weighted by atomic mass is 9.89. The highest BCUT2D eigenvalue weighted by Crippen LogP contribution is 2.66. The van der Waals surface area contributed by atoms with Crippen LogP contribution in [0.5, 0.6) is 0 Å². The Kier molecular flexibility index (Phi) is 3.98. The summed E-state index contributed by atoms with van der Waals surface area (Å²) in [6, 6.07) is 13.7. The summed E-state index contributed by atoms with van der Waals surface area (Å²) in [5.41, 5.74) is 10.8. The number of aryl methyl sites for hydroxylation is 1. The van der Waals surface area contributed by atoms with Gasteiger partial charge in [0, 0.05) is 10.5 Å². The molecule has 1 atom stereocenters. The van der Waals surface area contributed by atoms with Gasteiger partial charge in [0.15, 0.2) is 0 Å². The Bertz CT molecular complexity index is 977. The van der Waals surface area contributed by atoms with Gasteiger partial charge in [0.05, 0.1) is 0 Å². The minimum absolute atomic E-state index is 0.568. The predicted octanol–water partition coefficient (Wildman–Crippen LogP) is 6.86. The van der Waals surface area contributed by atoms with Gasteiger partial charge in [-0.3, -0.25) is 0 Å². The maximum absolute atomic E-state index is 2.58. The van der Waals surface area contributed by atoms with Crippen molar-refractivity contribution in [1.82, 2.24) is 0 Å². The Balaban J connectivity index is 1.72. The van der Waals surface area contributed by atoms with Crippen LogP contribution >= 0.6 is 10.0 Å². The normalized spacial score (nSPS) is 21.4. The van der Waals surface area contributed by atoms with Gasteiger partial charge in [-0.25, -0.2) is 10.0 Å². The molecule has 0 heterocycles. The van der Waals surface area contributed by atoms with Gasteiger partial charge < -0.3 is 0 Å². The van der Waals surface area contributed by atoms with Gasteiger partial charge >= 0.3 is 0 Å². The van der Waals surface area contributed by atoms with E-state index < -0.39 is 10.0 Å². The molecule has 27 heavy (non-hydrogen) atoms. The van der Waals surface area contributed by atoms with E-state index in [0.29, 0.717) is 10.5 Å². The summed E-state index contributed by atoms with van der Waals surface area (Å²) in [5, 5.41) is 1.16. The number of benzene rings is 2. The Labute approximate surface area is 165 Å². The van der Waals surface area contributed by atoms with E-state index in [1.165, 1.54) is 36.0 Å². The van der Waals surface area contributed by atoms with Crippen LogP contribution in [0.2, 0.25) is 0 Å². The average molecular weight is 373 g/mol. The van der Waals surface area contributed by atoms with E-state index in [2.05, 4.69) is 86.2 Å². The van der Waals surface area contributed by atoms with Crippen LogP contribution in [0, 0.1) is 0 Å². The lowest BCUT2D eigenvalue weighted by molar-refractivity contribution is 0.911. The maximum Gasteiger partial charge on any atom is 0.0361 e. The summed E-state index contributed by atoms with van der Waals surface area (Å²) in [4.78, 5) is 0. The van der Waals surface area contributed by atoms with Crippen molar-refractivity contribution < 1.29 is 0 Å². The molecule has 0 fully saturated rings. The van der Waals surface area contributed by atoms with Crippen molar-refractivity contribution in [3.05, 3.63) is 88.5 Å². The highest BCUT2D eigenvalue weighted by Gasteiger charge is 2.38. The minimum Gasteiger partial charge on any atom is -0.227 e. The second-order valence-corrected chi connectivity index (χ2v) is 12.6. The Morgan fingerprint density at radius 1 is 0.963 bits per heavy atom. The van der Waals surface area contributed by atoms with Crippen molar-refractivity contribution in [3.63, 3.8) is 0 Å². The lowest BCUT2D eigenvalue weighted by Gasteiger charge is -2.43. The van der Waals surface area contributed by atoms with Crippen LogP contribution in [0.3, 0.4) is 0 Å². The third-order valence-electron chi connectivity index (χ3n) is 6.62. The molecule has 0 aromatic heterocycles. The molecule has 0 radical (unpaired) electrons. The molecule has 0 nitrogen and oxygen atoms in total. The Hall–Kier alpha value is -1.99. The van der Waals surface area contributed by atoms with E-state index in [1.54, 1.807) is 22.3 Å². The molecule has 0 saturated heterocycles. The fourth-order valence-electron chi connectivity index (χ4n) is 5.42. The third kappa shape index (κ3) is 2.59. The van der Waals surface area contributed by atoms with E-state index in [0.717, 1.165) is 0 Å². The maximum atomic E-state index is 2.58. The van der Waals surface area contributed by atoms with E-state index in [1.807, 2.05) is 0 Å². The number of fused-ring (bicyclic) bond motifs is 2. The topological polar surface area (TPSA) is 0 Å². The summed E-state index contributed by atoms with van der Waals surface area (Å²) in [7, 11) is -0.859. The first kappa shape index (κ1) is 17.1. The van der Waals surface area contributed by atoms with Crippen molar-refractivity contribution in [2.75, 3.05) is 12.5 Å². The lowest BCUT2D eigenvalue weighted by Crippen LogP contribution is -2.18. The molecule has 0 spiro atoms. The first-order chi connectivity index (χ1) is 13.1. The molecule has 0 saturated carbocycles. The number of hydrogen-bond acceptors (Lipinski definition) is 0. The van der Waals surface area contributed by atoms with E-state index >= 15 is 0 Å². The molecule has 3 aliphatic rings. The Morgan fingerprint density at radius 2 is 1.70 bits per heavy atom. The van der Waals surface area contributed by atoms with Crippen LogP contribution in [-0.4, -0.2) is 17.8 Å². The standard InChI is InChI=1S/C26H28S/c1-18-16-23-24(26(18)27(2,3)21-13-7-8-14-21)17-20-12-9-15-22(20)25(23)19-10-5-4-6-11-19/h4-8,10-11,13-14,16-17,21,26H,9,12,15H2,1-3H3. The van der Waals surface area contributed by atoms with Crippen molar-refractivity contribution in [2.24, 2.45) is 0 Å². The Morgan fingerprint density at radius 3 is 2.44 bits per heavy atom. The molecule has 3 aliphatic carbocycles. The molecule has 2 aromatic rings. The quantitative estimate of drug-likeness (QED) is 0.552. The highest BCUT2D eigenvalue weighted by molar-refractivity contribution is 8.33. The van der Waals surface area contributed by atoms with Crippen molar-refractivity contribution in [3.8, 4) is 11.1 Å². The molecule has 138 valence electrons. The van der Waals surface area contributed by atoms with E-state index in [9.17, 15) is 0 Å². The summed E-state index contributed by atoms with van der Waals surface area (Å²) >= 11 is 0. The molecule has 5 rings (SSSR count). The van der Waals surface area contributed by atoms with E-state index in [4.69, 9.17) is 0 Å². The van der Waals surface area contributed by atoms with Gasteiger partial charge in [0.2, 0.25) is 0 Å². The van der Waals surface area contributed by atoms with Crippen LogP contribution in [0.4, 0.5) is 0 Å². The molecule has 0 bridgehead atoms. The van der Waals surface area contributed by atoms with Gasteiger partial charge in [-0.15, -0.1) is 0 Å². The number of hydrogen-bond donors (Lipinski definition) is 0. The van der Waals surface area contributed by atoms with Crippen LogP contribution in [0.25, 0.3) is 17.2 Å². The molecule has 0 N–H and O–H groups in total. The fourth-order valence-corrected chi connectivity index (χ4v) is 8.60. The van der Waals surface area contributed by atoms with E-state index in [-0.39, 0.29) is 0 Å². The molecule has 0 aliphatic heterocycles. The SMILES string of the molecule is CC1=Cc2c(cc3c(c2-c2ccccc2)CCC3)C1S(C)(C)C1C=CC=C1. The minimum atomic E-state index is -0.859. The fraction of sp³-hybridized carbons (Fsp3) is 0.308. The van der Waals surface area contributed by atoms with Crippen LogP contribution in [-0.2, 0) is 12.8 Å². The van der Waals surface area contributed by atoms with Gasteiger partial charge in [-0.05, 0) is 72.1 Å². The molecule has 1 unspecified atom stereocenters. The van der Waals surface area contributed by atoms with Gasteiger partial charge in [-0.1, -0.05) is 72.4 Å². The zero-order chi connectivity index (χ0) is 18.6. The first-order valence-electron chi connectivity index (χ1n) is 10.1. The largest absolute Gasteiger partial charge is 0.227 e. The highest BCUT2D eigenvalue weighted by atomic mass is 32.3. The first-order valence-corrected chi connectivity index (χ1v) is 12.6. The second kappa shape index (κ2) is 6.27. The van der Waals surface area contributed by atoms with Crippen LogP contribution in [0.15, 0.2) is 66.3 Å². The zero-order valence-electron chi connectivity index (χ0n) is 16.5. The molecular weight excluding hydrogens is 344 g/mol. The summed E-state index contributed by atoms with van der Waals surface area (Å²) in [5.74, 6) is 0. The van der Waals surface area contributed by atoms with Crippen molar-refractivity contribution >= 4 is 16.1 Å². The predicted molar refractivity (Wildman–Crippen MR) is 122 cm³/mol. The number of allylic oxidation sites excluding steroid dienone is 2. The van der Waals surface area contributed by atoms with Crippen LogP contribution < -0.4 is 0 Å². The van der Waals surface area contributed by atoms with Crippen LogP contribution in [0.1, 0.15) is 40.8 Å². The third-order valence-corrected chi connectivity index (χ3v) is 10.2. The van der Waals surface area contributed by atoms with Gasteiger partial charge in [0.25, 0.3) is 0 Å². The summed E-state index contributed by atoms with van der Waals surface area (Å²) in [6.07, 6.45) is 20.6. The smallest absolute Gasteiger partial charge is 0.0361 e. The zero-order valence-corrected chi connectivity index (χ0v) is 17.4. The molecule has 1 heteroatoms. The average Bonchev–Trinajstić information content (AvgIpc) is 3.39. The summed E-state index contributed by atoms with van der Waals surface area (Å²) in [6.45, 7) is 2.36. The molecular formula is C26H28S. The van der Waals surface area contributed by atoms with Gasteiger partial charge in [-0.2, -0.15) is 0 Å².